The second-order valence-corrected chi connectivity index (χ2v) is 7.18. The number of hydrogen-bond acceptors (Lipinski definition) is 4. The predicted octanol–water partition coefficient (Wildman–Crippen LogP) is 3.06. The minimum Gasteiger partial charge on any atom is -0.434 e. The molecule has 0 aliphatic rings. The van der Waals surface area contributed by atoms with Gasteiger partial charge in [-0.25, -0.2) is 0 Å². The summed E-state index contributed by atoms with van der Waals surface area (Å²) < 4.78 is 58.5. The molecule has 0 bridgehead atoms. The summed E-state index contributed by atoms with van der Waals surface area (Å²) in [5.41, 5.74) is 0.332. The number of benzene rings is 1. The van der Waals surface area contributed by atoms with Gasteiger partial charge in [-0.05, 0) is 19.4 Å². The molecule has 9 heteroatoms. The standard InChI is InChI=1S/C16H23F2N3O3S/c1-4-14(13-8-6-7-9-15(13)24-16(17)18)20-25(22,23)21(5-2)11-12(3)10-19/h6-9,12,14,16,20H,4-5,11H2,1-3H3. The summed E-state index contributed by atoms with van der Waals surface area (Å²) in [6, 6.07) is 7.34. The Balaban J connectivity index is 3.07. The van der Waals surface area contributed by atoms with Gasteiger partial charge in [0.2, 0.25) is 0 Å². The molecule has 140 valence electrons. The molecule has 0 aliphatic carbocycles. The highest BCUT2D eigenvalue weighted by Crippen LogP contribution is 2.29. The normalized spacial score (nSPS) is 14.3. The summed E-state index contributed by atoms with van der Waals surface area (Å²) in [6.45, 7) is 2.26. The van der Waals surface area contributed by atoms with Crippen LogP contribution >= 0.6 is 0 Å². The molecule has 2 unspecified atom stereocenters. The van der Waals surface area contributed by atoms with Crippen molar-refractivity contribution in [3.63, 3.8) is 0 Å². The second-order valence-electron chi connectivity index (χ2n) is 5.48. The van der Waals surface area contributed by atoms with Crippen LogP contribution in [0.1, 0.15) is 38.8 Å². The lowest BCUT2D eigenvalue weighted by molar-refractivity contribution is -0.0506. The Kier molecular flexibility index (Phi) is 8.22. The lowest BCUT2D eigenvalue weighted by Crippen LogP contribution is -2.44. The minimum absolute atomic E-state index is 0.0496. The van der Waals surface area contributed by atoms with Gasteiger partial charge in [0.15, 0.2) is 0 Å². The highest BCUT2D eigenvalue weighted by molar-refractivity contribution is 7.87. The lowest BCUT2D eigenvalue weighted by atomic mass is 10.0. The van der Waals surface area contributed by atoms with E-state index in [1.54, 1.807) is 32.9 Å². The first kappa shape index (κ1) is 21.3. The van der Waals surface area contributed by atoms with Gasteiger partial charge in [-0.15, -0.1) is 0 Å². The second kappa shape index (κ2) is 9.65. The van der Waals surface area contributed by atoms with Crippen molar-refractivity contribution in [1.82, 2.24) is 9.03 Å². The van der Waals surface area contributed by atoms with Crippen molar-refractivity contribution in [3.8, 4) is 11.8 Å². The number of halogens is 2. The third-order valence-electron chi connectivity index (χ3n) is 3.60. The summed E-state index contributed by atoms with van der Waals surface area (Å²) in [5.74, 6) is -0.536. The zero-order valence-corrected chi connectivity index (χ0v) is 15.3. The van der Waals surface area contributed by atoms with Gasteiger partial charge < -0.3 is 4.74 Å². The molecule has 2 atom stereocenters. The quantitative estimate of drug-likeness (QED) is 0.681. The Morgan fingerprint density at radius 3 is 2.48 bits per heavy atom. The molecule has 1 aromatic rings. The number of alkyl halides is 2. The van der Waals surface area contributed by atoms with Gasteiger partial charge >= 0.3 is 6.61 Å². The minimum atomic E-state index is -3.89. The summed E-state index contributed by atoms with van der Waals surface area (Å²) >= 11 is 0. The van der Waals surface area contributed by atoms with Crippen LogP contribution in [0.3, 0.4) is 0 Å². The van der Waals surface area contributed by atoms with Crippen LogP contribution in [0.15, 0.2) is 24.3 Å². The number of hydrogen-bond donors (Lipinski definition) is 1. The molecule has 0 saturated heterocycles. The number of rotatable bonds is 10. The van der Waals surface area contributed by atoms with Crippen LogP contribution in [0.2, 0.25) is 0 Å². The summed E-state index contributed by atoms with van der Waals surface area (Å²) in [4.78, 5) is 0. The smallest absolute Gasteiger partial charge is 0.387 e. The van der Waals surface area contributed by atoms with Gasteiger partial charge in [0.25, 0.3) is 10.2 Å². The number of nitrogens with one attached hydrogen (secondary N) is 1. The van der Waals surface area contributed by atoms with Gasteiger partial charge in [-0.2, -0.15) is 31.5 Å². The molecule has 1 N–H and O–H groups in total. The highest BCUT2D eigenvalue weighted by atomic mass is 32.2. The van der Waals surface area contributed by atoms with E-state index in [2.05, 4.69) is 9.46 Å². The fraction of sp³-hybridized carbons (Fsp3) is 0.562. The molecule has 25 heavy (non-hydrogen) atoms. The van der Waals surface area contributed by atoms with Crippen molar-refractivity contribution in [2.24, 2.45) is 5.92 Å². The summed E-state index contributed by atoms with van der Waals surface area (Å²) in [6.07, 6.45) is 0.341. The first-order valence-electron chi connectivity index (χ1n) is 7.95. The molecule has 0 amide bonds. The van der Waals surface area contributed by atoms with E-state index in [0.717, 1.165) is 4.31 Å². The third kappa shape index (κ3) is 6.23. The first-order valence-corrected chi connectivity index (χ1v) is 9.39. The van der Waals surface area contributed by atoms with Gasteiger partial charge in [-0.1, -0.05) is 32.0 Å². The molecule has 0 spiro atoms. The number of nitriles is 1. The Bertz CT molecular complexity index is 692. The fourth-order valence-corrected chi connectivity index (χ4v) is 3.90. The maximum absolute atomic E-state index is 12.6. The maximum Gasteiger partial charge on any atom is 0.387 e. The topological polar surface area (TPSA) is 82.4 Å². The van der Waals surface area contributed by atoms with Crippen LogP contribution in [0, 0.1) is 17.2 Å². The summed E-state index contributed by atoms with van der Waals surface area (Å²) in [7, 11) is -3.89. The zero-order chi connectivity index (χ0) is 19.0. The largest absolute Gasteiger partial charge is 0.434 e. The fourth-order valence-electron chi connectivity index (χ4n) is 2.34. The first-order chi connectivity index (χ1) is 11.7. The molecule has 1 rings (SSSR count). The van der Waals surface area contributed by atoms with Crippen molar-refractivity contribution in [1.29, 1.82) is 5.26 Å². The van der Waals surface area contributed by atoms with E-state index < -0.39 is 28.8 Å². The molecule has 6 nitrogen and oxygen atoms in total. The molecule has 0 saturated carbocycles. The maximum atomic E-state index is 12.6. The molecule has 0 radical (unpaired) electrons. The number of ether oxygens (including phenoxy) is 1. The number of para-hydroxylation sites is 1. The molecular formula is C16H23F2N3O3S. The molecule has 0 aromatic heterocycles. The average molecular weight is 375 g/mol. The van der Waals surface area contributed by atoms with Crippen LogP contribution in [0.25, 0.3) is 0 Å². The monoisotopic (exact) mass is 375 g/mol. The van der Waals surface area contributed by atoms with E-state index in [0.29, 0.717) is 12.0 Å². The van der Waals surface area contributed by atoms with E-state index in [1.165, 1.54) is 12.1 Å². The SMILES string of the molecule is CCC(NS(=O)(=O)N(CC)CC(C)C#N)c1ccccc1OC(F)F. The van der Waals surface area contributed by atoms with E-state index >= 15 is 0 Å². The number of nitrogens with zero attached hydrogens (tertiary/aromatic N) is 2. The van der Waals surface area contributed by atoms with Crippen LogP contribution in [-0.4, -0.2) is 32.4 Å². The molecular weight excluding hydrogens is 352 g/mol. The van der Waals surface area contributed by atoms with Crippen molar-refractivity contribution >= 4 is 10.2 Å². The van der Waals surface area contributed by atoms with Crippen molar-refractivity contribution in [2.45, 2.75) is 39.8 Å². The molecule has 1 aromatic carbocycles. The van der Waals surface area contributed by atoms with Gasteiger partial charge in [0.1, 0.15) is 5.75 Å². The van der Waals surface area contributed by atoms with Gasteiger partial charge in [0, 0.05) is 18.7 Å². The van der Waals surface area contributed by atoms with E-state index in [1.807, 2.05) is 6.07 Å². The third-order valence-corrected chi connectivity index (χ3v) is 5.27. The molecule has 0 fully saturated rings. The van der Waals surface area contributed by atoms with Crippen LogP contribution in [0.4, 0.5) is 8.78 Å². The summed E-state index contributed by atoms with van der Waals surface area (Å²) in [5, 5.41) is 8.89. The average Bonchev–Trinajstić information content (AvgIpc) is 2.57. The van der Waals surface area contributed by atoms with Gasteiger partial charge in [0.05, 0.1) is 18.0 Å². The van der Waals surface area contributed by atoms with Crippen LogP contribution < -0.4 is 9.46 Å². The van der Waals surface area contributed by atoms with Crippen molar-refractivity contribution < 1.29 is 21.9 Å². The van der Waals surface area contributed by atoms with E-state index in [9.17, 15) is 17.2 Å². The van der Waals surface area contributed by atoms with Crippen molar-refractivity contribution in [2.75, 3.05) is 13.1 Å². The Labute approximate surface area is 147 Å². The van der Waals surface area contributed by atoms with Crippen molar-refractivity contribution in [3.05, 3.63) is 29.8 Å². The van der Waals surface area contributed by atoms with E-state index in [-0.39, 0.29) is 18.8 Å². The van der Waals surface area contributed by atoms with E-state index in [4.69, 9.17) is 5.26 Å². The Hall–Kier alpha value is -1.76. The Morgan fingerprint density at radius 2 is 1.96 bits per heavy atom. The van der Waals surface area contributed by atoms with Gasteiger partial charge in [-0.3, -0.25) is 0 Å². The highest BCUT2D eigenvalue weighted by Gasteiger charge is 2.27. The lowest BCUT2D eigenvalue weighted by Gasteiger charge is -2.26. The predicted molar refractivity (Wildman–Crippen MR) is 90.2 cm³/mol. The van der Waals surface area contributed by atoms with Crippen LogP contribution in [-0.2, 0) is 10.2 Å². The van der Waals surface area contributed by atoms with Crippen LogP contribution in [0.5, 0.6) is 5.75 Å². The molecule has 0 aliphatic heterocycles. The zero-order valence-electron chi connectivity index (χ0n) is 14.4. The molecule has 0 heterocycles. The Morgan fingerprint density at radius 1 is 1.32 bits per heavy atom.